The molecule has 0 heterocycles. The molecule has 0 saturated heterocycles. The van der Waals surface area contributed by atoms with Crippen LogP contribution in [-0.2, 0) is 4.79 Å². The Bertz CT molecular complexity index is 328. The maximum atomic E-state index is 11.0. The predicted molar refractivity (Wildman–Crippen MR) is 71.8 cm³/mol. The van der Waals surface area contributed by atoms with Crippen LogP contribution < -0.4 is 0 Å². The summed E-state index contributed by atoms with van der Waals surface area (Å²) in [7, 11) is 0. The van der Waals surface area contributed by atoms with E-state index in [1.807, 2.05) is 0 Å². The molecular formula is C16H26O. The van der Waals surface area contributed by atoms with Crippen LogP contribution in [0.3, 0.4) is 0 Å². The second kappa shape index (κ2) is 4.26. The molecule has 2 aliphatic rings. The molecule has 3 atom stereocenters. The number of carbonyl (C=O) groups is 1. The number of carbonyl (C=O) groups excluding carboxylic acids is 1. The first kappa shape index (κ1) is 12.9. The van der Waals surface area contributed by atoms with Crippen LogP contribution in [0.25, 0.3) is 0 Å². The Hall–Kier alpha value is -0.590. The van der Waals surface area contributed by atoms with Gasteiger partial charge in [0.1, 0.15) is 6.29 Å². The van der Waals surface area contributed by atoms with E-state index in [0.29, 0.717) is 23.2 Å². The zero-order valence-corrected chi connectivity index (χ0v) is 11.6. The topological polar surface area (TPSA) is 17.1 Å². The molecule has 0 bridgehead atoms. The van der Waals surface area contributed by atoms with E-state index in [9.17, 15) is 4.79 Å². The quantitative estimate of drug-likeness (QED) is 0.512. The molecule has 17 heavy (non-hydrogen) atoms. The third-order valence-electron chi connectivity index (χ3n) is 5.65. The average molecular weight is 234 g/mol. The number of rotatable bonds is 2. The molecule has 0 aromatic heterocycles. The fourth-order valence-electron chi connectivity index (χ4n) is 4.81. The van der Waals surface area contributed by atoms with Crippen molar-refractivity contribution in [1.82, 2.24) is 0 Å². The molecule has 2 rings (SSSR count). The minimum absolute atomic E-state index is 0.317. The third kappa shape index (κ3) is 1.98. The lowest BCUT2D eigenvalue weighted by atomic mass is 9.47. The summed E-state index contributed by atoms with van der Waals surface area (Å²) in [5.41, 5.74) is 2.08. The molecule has 1 nitrogen and oxygen atoms in total. The van der Waals surface area contributed by atoms with Crippen molar-refractivity contribution >= 4 is 6.29 Å². The fraction of sp³-hybridized carbons (Fsp3) is 0.812. The monoisotopic (exact) mass is 234 g/mol. The standard InChI is InChI=1S/C16H26O/c1-12-6-7-14-15(2,3)9-5-10-16(14,4)13(12)8-11-17/h11,13-14H,1,5-10H2,2-4H3/t13-,14+,16-/m0/s1. The molecule has 0 N–H and O–H groups in total. The van der Waals surface area contributed by atoms with Crippen molar-refractivity contribution in [2.75, 3.05) is 0 Å². The second-order valence-corrected chi connectivity index (χ2v) is 7.05. The van der Waals surface area contributed by atoms with Crippen molar-refractivity contribution in [2.24, 2.45) is 22.7 Å². The Balaban J connectivity index is 2.34. The molecule has 0 amide bonds. The highest BCUT2D eigenvalue weighted by Crippen LogP contribution is 2.61. The summed E-state index contributed by atoms with van der Waals surface area (Å²) in [6, 6.07) is 0. The molecule has 96 valence electrons. The second-order valence-electron chi connectivity index (χ2n) is 7.05. The third-order valence-corrected chi connectivity index (χ3v) is 5.65. The highest BCUT2D eigenvalue weighted by Gasteiger charge is 2.52. The lowest BCUT2D eigenvalue weighted by molar-refractivity contribution is -0.112. The van der Waals surface area contributed by atoms with Crippen molar-refractivity contribution in [3.63, 3.8) is 0 Å². The van der Waals surface area contributed by atoms with E-state index in [1.165, 1.54) is 31.3 Å². The van der Waals surface area contributed by atoms with Crippen LogP contribution in [0.1, 0.15) is 59.3 Å². The Morgan fingerprint density at radius 3 is 2.71 bits per heavy atom. The van der Waals surface area contributed by atoms with Crippen molar-refractivity contribution in [1.29, 1.82) is 0 Å². The summed E-state index contributed by atoms with van der Waals surface area (Å²) in [6.07, 6.45) is 8.11. The van der Waals surface area contributed by atoms with E-state index in [0.717, 1.165) is 18.6 Å². The van der Waals surface area contributed by atoms with Gasteiger partial charge in [-0.2, -0.15) is 0 Å². The van der Waals surface area contributed by atoms with Crippen molar-refractivity contribution < 1.29 is 4.79 Å². The average Bonchev–Trinajstić information content (AvgIpc) is 2.22. The number of allylic oxidation sites excluding steroid dienone is 1. The van der Waals surface area contributed by atoms with Crippen molar-refractivity contribution in [3.8, 4) is 0 Å². The van der Waals surface area contributed by atoms with Crippen LogP contribution in [0.2, 0.25) is 0 Å². The fourth-order valence-corrected chi connectivity index (χ4v) is 4.81. The Morgan fingerprint density at radius 1 is 1.35 bits per heavy atom. The van der Waals surface area contributed by atoms with Crippen LogP contribution in [0.4, 0.5) is 0 Å². The minimum atomic E-state index is 0.317. The van der Waals surface area contributed by atoms with E-state index < -0.39 is 0 Å². The van der Waals surface area contributed by atoms with Gasteiger partial charge in [-0.1, -0.05) is 39.3 Å². The van der Waals surface area contributed by atoms with E-state index >= 15 is 0 Å². The van der Waals surface area contributed by atoms with Gasteiger partial charge < -0.3 is 4.79 Å². The van der Waals surface area contributed by atoms with Gasteiger partial charge in [-0.15, -0.1) is 0 Å². The Morgan fingerprint density at radius 2 is 2.06 bits per heavy atom. The summed E-state index contributed by atoms with van der Waals surface area (Å²) in [5, 5.41) is 0. The molecule has 0 spiro atoms. The maximum absolute atomic E-state index is 11.0. The van der Waals surface area contributed by atoms with Gasteiger partial charge in [0.15, 0.2) is 0 Å². The summed E-state index contributed by atoms with van der Waals surface area (Å²) in [4.78, 5) is 11.0. The highest BCUT2D eigenvalue weighted by atomic mass is 16.1. The van der Waals surface area contributed by atoms with Crippen LogP contribution in [0.5, 0.6) is 0 Å². The molecule has 0 radical (unpaired) electrons. The summed E-state index contributed by atoms with van der Waals surface area (Å²) >= 11 is 0. The van der Waals surface area contributed by atoms with Gasteiger partial charge in [-0.3, -0.25) is 0 Å². The van der Waals surface area contributed by atoms with E-state index in [1.54, 1.807) is 0 Å². The van der Waals surface area contributed by atoms with Crippen LogP contribution in [0.15, 0.2) is 12.2 Å². The normalized spacial score (nSPS) is 40.8. The molecule has 0 aliphatic heterocycles. The molecule has 0 aromatic rings. The van der Waals surface area contributed by atoms with Crippen molar-refractivity contribution in [2.45, 2.75) is 59.3 Å². The number of fused-ring (bicyclic) bond motifs is 1. The lowest BCUT2D eigenvalue weighted by Crippen LogP contribution is -2.49. The smallest absolute Gasteiger partial charge is 0.120 e. The van der Waals surface area contributed by atoms with Crippen LogP contribution in [-0.4, -0.2) is 6.29 Å². The Kier molecular flexibility index (Phi) is 3.22. The first-order valence-electron chi connectivity index (χ1n) is 7.03. The number of hydrogen-bond acceptors (Lipinski definition) is 1. The van der Waals surface area contributed by atoms with Gasteiger partial charge in [0.25, 0.3) is 0 Å². The van der Waals surface area contributed by atoms with Gasteiger partial charge in [0.2, 0.25) is 0 Å². The van der Waals surface area contributed by atoms with Gasteiger partial charge >= 0.3 is 0 Å². The first-order valence-corrected chi connectivity index (χ1v) is 7.03. The zero-order chi connectivity index (χ0) is 12.7. The Labute approximate surface area is 106 Å². The van der Waals surface area contributed by atoms with Gasteiger partial charge in [0, 0.05) is 6.42 Å². The molecule has 1 heteroatoms. The van der Waals surface area contributed by atoms with Gasteiger partial charge in [-0.25, -0.2) is 0 Å². The predicted octanol–water partition coefficient (Wildman–Crippen LogP) is 4.37. The zero-order valence-electron chi connectivity index (χ0n) is 11.6. The number of aldehydes is 1. The molecule has 2 aliphatic carbocycles. The number of hydrogen-bond donors (Lipinski definition) is 0. The minimum Gasteiger partial charge on any atom is -0.303 e. The highest BCUT2D eigenvalue weighted by molar-refractivity contribution is 5.51. The van der Waals surface area contributed by atoms with Gasteiger partial charge in [0.05, 0.1) is 0 Å². The lowest BCUT2D eigenvalue weighted by Gasteiger charge is -2.57. The summed E-state index contributed by atoms with van der Waals surface area (Å²) in [5.74, 6) is 1.19. The van der Waals surface area contributed by atoms with E-state index in [-0.39, 0.29) is 0 Å². The van der Waals surface area contributed by atoms with Crippen LogP contribution >= 0.6 is 0 Å². The van der Waals surface area contributed by atoms with Crippen LogP contribution in [0, 0.1) is 22.7 Å². The maximum Gasteiger partial charge on any atom is 0.120 e. The molecule has 2 fully saturated rings. The molecular weight excluding hydrogens is 208 g/mol. The largest absolute Gasteiger partial charge is 0.303 e. The molecule has 2 saturated carbocycles. The summed E-state index contributed by atoms with van der Waals surface area (Å²) < 4.78 is 0. The van der Waals surface area contributed by atoms with E-state index in [4.69, 9.17) is 0 Å². The van der Waals surface area contributed by atoms with Gasteiger partial charge in [-0.05, 0) is 48.3 Å². The SMILES string of the molecule is C=C1CC[C@@H]2C(C)(C)CCC[C@@]2(C)[C@H]1CC=O. The van der Waals surface area contributed by atoms with E-state index in [2.05, 4.69) is 27.4 Å². The molecule has 0 aromatic carbocycles. The molecule has 0 unspecified atom stereocenters. The first-order chi connectivity index (χ1) is 7.92. The van der Waals surface area contributed by atoms with Crippen molar-refractivity contribution in [3.05, 3.63) is 12.2 Å². The summed E-state index contributed by atoms with van der Waals surface area (Å²) in [6.45, 7) is 11.5.